The lowest BCUT2D eigenvalue weighted by Crippen LogP contribution is -2.04. The Morgan fingerprint density at radius 3 is 2.04 bits per heavy atom. The second-order valence-electron chi connectivity index (χ2n) is 5.60. The number of para-hydroxylation sites is 2. The van der Waals surface area contributed by atoms with Crippen molar-refractivity contribution in [1.29, 1.82) is 0 Å². The van der Waals surface area contributed by atoms with Crippen molar-refractivity contribution >= 4 is 33.4 Å². The van der Waals surface area contributed by atoms with Crippen LogP contribution in [0, 0.1) is 0 Å². The molecule has 5 aromatic rings. The SMILES string of the molecule is [2H]c1c([2H])c([2H])c(-c2nc(Cl)nc(-n3c4ccccc4c4ccccc43)n2)c([2H])c1[2H]. The molecule has 0 aliphatic heterocycles. The first-order valence-corrected chi connectivity index (χ1v) is 8.23. The molecule has 0 aliphatic rings. The molecule has 2 heterocycles. The average molecular weight is 362 g/mol. The maximum atomic E-state index is 8.23. The predicted octanol–water partition coefficient (Wildman–Crippen LogP) is 5.29. The molecule has 4 nitrogen and oxygen atoms in total. The number of aromatic nitrogens is 4. The molecule has 0 amide bonds. The van der Waals surface area contributed by atoms with E-state index in [4.69, 9.17) is 18.5 Å². The molecule has 26 heavy (non-hydrogen) atoms. The number of fused-ring (bicyclic) bond motifs is 3. The summed E-state index contributed by atoms with van der Waals surface area (Å²) in [4.78, 5) is 12.8. The Morgan fingerprint density at radius 1 is 0.769 bits per heavy atom. The van der Waals surface area contributed by atoms with E-state index < -0.39 is 30.2 Å². The van der Waals surface area contributed by atoms with Gasteiger partial charge in [0.05, 0.1) is 17.9 Å². The minimum atomic E-state index is -0.485. The second kappa shape index (κ2) is 5.93. The summed E-state index contributed by atoms with van der Waals surface area (Å²) >= 11 is 6.21. The van der Waals surface area contributed by atoms with Crippen molar-refractivity contribution in [3.05, 3.63) is 84.0 Å². The minimum Gasteiger partial charge on any atom is -0.278 e. The van der Waals surface area contributed by atoms with Crippen molar-refractivity contribution in [2.24, 2.45) is 0 Å². The Kier molecular flexibility index (Phi) is 2.44. The fraction of sp³-hybridized carbons (Fsp3) is 0. The van der Waals surface area contributed by atoms with E-state index in [2.05, 4.69) is 15.0 Å². The Labute approximate surface area is 161 Å². The van der Waals surface area contributed by atoms with Gasteiger partial charge in [-0.1, -0.05) is 66.6 Å². The molecule has 5 heteroatoms. The van der Waals surface area contributed by atoms with Crippen molar-refractivity contribution in [2.45, 2.75) is 0 Å². The number of benzene rings is 3. The predicted molar refractivity (Wildman–Crippen MR) is 105 cm³/mol. The third kappa shape index (κ3) is 2.35. The molecule has 2 aromatic heterocycles. The standard InChI is InChI=1S/C21H13ClN4/c22-20-23-19(14-8-2-1-3-9-14)24-21(25-20)26-17-12-6-4-10-15(17)16-11-5-7-13-18(16)26/h1-13H/i1D,2D,3D,8D,9D. The van der Waals surface area contributed by atoms with Gasteiger partial charge < -0.3 is 0 Å². The maximum absolute atomic E-state index is 8.23. The van der Waals surface area contributed by atoms with Crippen LogP contribution in [0.5, 0.6) is 0 Å². The highest BCUT2D eigenvalue weighted by Gasteiger charge is 2.15. The van der Waals surface area contributed by atoms with Crippen LogP contribution >= 0.6 is 11.6 Å². The summed E-state index contributed by atoms with van der Waals surface area (Å²) in [5.74, 6) is 0.105. The van der Waals surface area contributed by atoms with Gasteiger partial charge in [0, 0.05) is 16.3 Å². The first-order chi connectivity index (χ1) is 14.9. The molecule has 0 saturated heterocycles. The van der Waals surface area contributed by atoms with Crippen molar-refractivity contribution in [3.63, 3.8) is 0 Å². The number of rotatable bonds is 2. The lowest BCUT2D eigenvalue weighted by molar-refractivity contribution is 0.947. The van der Waals surface area contributed by atoms with E-state index in [9.17, 15) is 0 Å². The highest BCUT2D eigenvalue weighted by molar-refractivity contribution is 6.28. The molecule has 0 atom stereocenters. The van der Waals surface area contributed by atoms with Crippen LogP contribution in [0.1, 0.15) is 6.85 Å². The van der Waals surface area contributed by atoms with Gasteiger partial charge in [-0.25, -0.2) is 0 Å². The molecule has 0 N–H and O–H groups in total. The Balaban J connectivity index is 1.85. The van der Waals surface area contributed by atoms with Gasteiger partial charge in [-0.3, -0.25) is 4.57 Å². The van der Waals surface area contributed by atoms with Crippen LogP contribution in [0.25, 0.3) is 39.1 Å². The van der Waals surface area contributed by atoms with Crippen molar-refractivity contribution in [2.75, 3.05) is 0 Å². The molecule has 0 aliphatic carbocycles. The summed E-state index contributed by atoms with van der Waals surface area (Å²) in [7, 11) is 0. The van der Waals surface area contributed by atoms with Gasteiger partial charge in [0.2, 0.25) is 11.2 Å². The smallest absolute Gasteiger partial charge is 0.239 e. The summed E-state index contributed by atoms with van der Waals surface area (Å²) in [5.41, 5.74) is 1.56. The Bertz CT molecular complexity index is 1430. The fourth-order valence-corrected chi connectivity index (χ4v) is 3.21. The lowest BCUT2D eigenvalue weighted by Gasteiger charge is -2.08. The van der Waals surface area contributed by atoms with Crippen LogP contribution in [0.3, 0.4) is 0 Å². The van der Waals surface area contributed by atoms with Gasteiger partial charge in [-0.05, 0) is 23.7 Å². The number of nitrogens with zero attached hydrogens (tertiary/aromatic N) is 4. The monoisotopic (exact) mass is 361 g/mol. The van der Waals surface area contributed by atoms with Gasteiger partial charge in [-0.15, -0.1) is 0 Å². The van der Waals surface area contributed by atoms with E-state index in [0.29, 0.717) is 0 Å². The third-order valence-electron chi connectivity index (χ3n) is 4.10. The third-order valence-corrected chi connectivity index (χ3v) is 4.27. The van der Waals surface area contributed by atoms with Crippen LogP contribution in [0.4, 0.5) is 0 Å². The molecule has 0 unspecified atom stereocenters. The van der Waals surface area contributed by atoms with E-state index in [-0.39, 0.29) is 22.6 Å². The highest BCUT2D eigenvalue weighted by Crippen LogP contribution is 2.31. The molecule has 124 valence electrons. The zero-order valence-electron chi connectivity index (χ0n) is 18.3. The maximum Gasteiger partial charge on any atom is 0.239 e. The van der Waals surface area contributed by atoms with Gasteiger partial charge in [0.25, 0.3) is 0 Å². The summed E-state index contributed by atoms with van der Waals surface area (Å²) in [6.07, 6.45) is 0. The largest absolute Gasteiger partial charge is 0.278 e. The van der Waals surface area contributed by atoms with E-state index in [0.717, 1.165) is 21.8 Å². The Hall–Kier alpha value is -3.24. The van der Waals surface area contributed by atoms with Crippen molar-refractivity contribution in [3.8, 4) is 17.3 Å². The molecule has 0 fully saturated rings. The summed E-state index contributed by atoms with van der Waals surface area (Å²) in [5, 5.41) is 1.85. The van der Waals surface area contributed by atoms with E-state index in [1.54, 1.807) is 0 Å². The van der Waals surface area contributed by atoms with Crippen LogP contribution < -0.4 is 0 Å². The summed E-state index contributed by atoms with van der Waals surface area (Å²) < 4.78 is 41.9. The molecule has 5 rings (SSSR count). The number of hydrogen-bond donors (Lipinski definition) is 0. The quantitative estimate of drug-likeness (QED) is 0.429. The lowest BCUT2D eigenvalue weighted by atomic mass is 10.2. The van der Waals surface area contributed by atoms with Gasteiger partial charge >= 0.3 is 0 Å². The second-order valence-corrected chi connectivity index (χ2v) is 5.94. The molecule has 0 bridgehead atoms. The molecule has 3 aromatic carbocycles. The fourth-order valence-electron chi connectivity index (χ4n) is 3.05. The summed E-state index contributed by atoms with van der Waals surface area (Å²) in [6, 6.07) is 13.3. The van der Waals surface area contributed by atoms with Gasteiger partial charge in [0.1, 0.15) is 0 Å². The molecule has 0 spiro atoms. The summed E-state index contributed by atoms with van der Waals surface area (Å²) in [6.45, 7) is 0. The van der Waals surface area contributed by atoms with Crippen LogP contribution in [-0.2, 0) is 0 Å². The minimum absolute atomic E-state index is 0.0890. The first-order valence-electron chi connectivity index (χ1n) is 10.4. The molecule has 0 radical (unpaired) electrons. The number of halogens is 1. The van der Waals surface area contributed by atoms with Crippen molar-refractivity contribution in [1.82, 2.24) is 19.5 Å². The normalized spacial score (nSPS) is 14.0. The molecular weight excluding hydrogens is 344 g/mol. The Morgan fingerprint density at radius 2 is 1.38 bits per heavy atom. The molecular formula is C21H13ClN4. The van der Waals surface area contributed by atoms with Crippen LogP contribution in [-0.4, -0.2) is 19.5 Å². The van der Waals surface area contributed by atoms with E-state index >= 15 is 0 Å². The number of hydrogen-bond acceptors (Lipinski definition) is 3. The molecule has 0 saturated carbocycles. The van der Waals surface area contributed by atoms with Crippen LogP contribution in [0.15, 0.2) is 78.7 Å². The van der Waals surface area contributed by atoms with Crippen molar-refractivity contribution < 1.29 is 6.85 Å². The topological polar surface area (TPSA) is 43.6 Å². The highest BCUT2D eigenvalue weighted by atomic mass is 35.5. The van der Waals surface area contributed by atoms with E-state index in [1.165, 1.54) is 0 Å². The van der Waals surface area contributed by atoms with Gasteiger partial charge in [0.15, 0.2) is 5.82 Å². The van der Waals surface area contributed by atoms with Gasteiger partial charge in [-0.2, -0.15) is 15.0 Å². The zero-order chi connectivity index (χ0) is 21.9. The van der Waals surface area contributed by atoms with E-state index in [1.807, 2.05) is 53.1 Å². The first kappa shape index (κ1) is 10.7. The van der Waals surface area contributed by atoms with Crippen LogP contribution in [0.2, 0.25) is 5.28 Å². The average Bonchev–Trinajstić information content (AvgIpc) is 3.11. The zero-order valence-corrected chi connectivity index (χ0v) is 14.0.